The van der Waals surface area contributed by atoms with Crippen molar-refractivity contribution in [3.05, 3.63) is 83.9 Å². The lowest BCUT2D eigenvalue weighted by Crippen LogP contribution is -2.20. The first-order valence-corrected chi connectivity index (χ1v) is 10.2. The maximum absolute atomic E-state index is 12.1. The summed E-state index contributed by atoms with van der Waals surface area (Å²) in [5, 5.41) is 11.0. The van der Waals surface area contributed by atoms with Gasteiger partial charge in [-0.25, -0.2) is 9.59 Å². The first kappa shape index (κ1) is 21.5. The Kier molecular flexibility index (Phi) is 7.54. The number of carbonyl (C=O) groups is 2. The second kappa shape index (κ2) is 10.5. The number of carbonyl (C=O) groups excluding carboxylic acids is 2. The molecule has 4 N–H and O–H groups in total. The fourth-order valence-corrected chi connectivity index (χ4v) is 2.93. The Bertz CT molecular complexity index is 909. The summed E-state index contributed by atoms with van der Waals surface area (Å²) in [4.78, 5) is 24.2. The second-order valence-electron chi connectivity index (χ2n) is 6.40. The number of halogens is 2. The molecule has 0 unspecified atom stereocenters. The van der Waals surface area contributed by atoms with Crippen molar-refractivity contribution in [1.82, 2.24) is 0 Å². The summed E-state index contributed by atoms with van der Waals surface area (Å²) in [5.41, 5.74) is 4.45. The van der Waals surface area contributed by atoms with Crippen LogP contribution in [-0.4, -0.2) is 12.1 Å². The van der Waals surface area contributed by atoms with E-state index in [1.807, 2.05) is 24.3 Å². The lowest BCUT2D eigenvalue weighted by Gasteiger charge is -2.10. The molecular formula is C22H20Cl2N4O2. The number of hydrogen-bond acceptors (Lipinski definition) is 2. The Morgan fingerprint density at radius 3 is 0.967 bits per heavy atom. The minimum absolute atomic E-state index is 0.368. The van der Waals surface area contributed by atoms with E-state index in [1.54, 1.807) is 48.5 Å². The molecule has 0 aliphatic rings. The molecule has 0 saturated carbocycles. The molecule has 3 rings (SSSR count). The Hall–Kier alpha value is -3.22. The first-order chi connectivity index (χ1) is 14.6. The number of hydrogen-bond donors (Lipinski definition) is 4. The Morgan fingerprint density at radius 2 is 0.733 bits per heavy atom. The van der Waals surface area contributed by atoms with Gasteiger partial charge in [0.05, 0.1) is 0 Å². The quantitative estimate of drug-likeness (QED) is 0.330. The second-order valence-corrected chi connectivity index (χ2v) is 6.93. The fourth-order valence-electron chi connectivity index (χ4n) is 2.58. The van der Waals surface area contributed by atoms with Gasteiger partial charge in [0.1, 0.15) is 0 Å². The average molecular weight is 443 g/mol. The molecule has 0 aliphatic carbocycles. The summed E-state index contributed by atoms with van der Waals surface area (Å²) in [7, 11) is 0. The summed E-state index contributed by atoms with van der Waals surface area (Å²) in [6.45, 7) is 0. The Balaban J connectivity index is 1.49. The summed E-state index contributed by atoms with van der Waals surface area (Å²) in [5.74, 6) is 0.844. The van der Waals surface area contributed by atoms with Gasteiger partial charge in [0, 0.05) is 34.5 Å². The molecule has 8 heteroatoms. The molecule has 0 aromatic heterocycles. The van der Waals surface area contributed by atoms with E-state index in [4.69, 9.17) is 23.2 Å². The molecular weight excluding hydrogens is 423 g/mol. The van der Waals surface area contributed by atoms with E-state index in [9.17, 15) is 9.59 Å². The lowest BCUT2D eigenvalue weighted by molar-refractivity contribution is 0.261. The molecule has 6 nitrogen and oxygen atoms in total. The van der Waals surface area contributed by atoms with Crippen LogP contribution in [0.5, 0.6) is 0 Å². The zero-order valence-electron chi connectivity index (χ0n) is 15.9. The first-order valence-electron chi connectivity index (χ1n) is 9.11. The molecule has 3 aromatic rings. The van der Waals surface area contributed by atoms with Crippen LogP contribution in [0.4, 0.5) is 32.3 Å². The minimum Gasteiger partial charge on any atom is -0.308 e. The molecule has 154 valence electrons. The Morgan fingerprint density at radius 1 is 0.500 bits per heavy atom. The largest absolute Gasteiger partial charge is 0.323 e. The molecule has 0 atom stereocenters. The Labute approximate surface area is 184 Å². The normalized spacial score (nSPS) is 10.2. The van der Waals surface area contributed by atoms with Gasteiger partial charge < -0.3 is 21.3 Å². The number of nitrogens with one attached hydrogen (secondary N) is 4. The number of urea groups is 2. The highest BCUT2D eigenvalue weighted by Crippen LogP contribution is 2.16. The molecule has 0 aliphatic heterocycles. The van der Waals surface area contributed by atoms with Crippen molar-refractivity contribution in [2.24, 2.45) is 0 Å². The molecule has 3 aromatic carbocycles. The van der Waals surface area contributed by atoms with Crippen LogP contribution in [0.2, 0.25) is 0 Å². The topological polar surface area (TPSA) is 82.3 Å². The molecule has 0 saturated heterocycles. The number of alkyl halides is 2. The van der Waals surface area contributed by atoms with E-state index in [2.05, 4.69) is 21.3 Å². The van der Waals surface area contributed by atoms with E-state index in [0.717, 1.165) is 11.1 Å². The van der Waals surface area contributed by atoms with Crippen molar-refractivity contribution in [2.75, 3.05) is 21.3 Å². The molecule has 0 spiro atoms. The van der Waals surface area contributed by atoms with Crippen LogP contribution in [0.3, 0.4) is 0 Å². The van der Waals surface area contributed by atoms with Crippen molar-refractivity contribution in [3.8, 4) is 0 Å². The van der Waals surface area contributed by atoms with Crippen LogP contribution in [0.25, 0.3) is 0 Å². The molecule has 0 fully saturated rings. The van der Waals surface area contributed by atoms with Crippen molar-refractivity contribution in [1.29, 1.82) is 0 Å². The molecule has 0 heterocycles. The highest BCUT2D eigenvalue weighted by Gasteiger charge is 2.05. The van der Waals surface area contributed by atoms with E-state index in [1.165, 1.54) is 0 Å². The molecule has 0 radical (unpaired) electrons. The van der Waals surface area contributed by atoms with Crippen molar-refractivity contribution in [2.45, 2.75) is 11.8 Å². The van der Waals surface area contributed by atoms with Gasteiger partial charge in [0.2, 0.25) is 0 Å². The third-order valence-corrected chi connectivity index (χ3v) is 4.75. The summed E-state index contributed by atoms with van der Waals surface area (Å²) < 4.78 is 0. The maximum atomic E-state index is 12.1. The number of anilines is 4. The van der Waals surface area contributed by atoms with Gasteiger partial charge in [-0.3, -0.25) is 0 Å². The third-order valence-electron chi connectivity index (χ3n) is 4.13. The van der Waals surface area contributed by atoms with Gasteiger partial charge in [-0.2, -0.15) is 0 Å². The lowest BCUT2D eigenvalue weighted by atomic mass is 10.2. The van der Waals surface area contributed by atoms with Crippen molar-refractivity contribution >= 4 is 58.0 Å². The van der Waals surface area contributed by atoms with E-state index in [-0.39, 0.29) is 12.1 Å². The van der Waals surface area contributed by atoms with Gasteiger partial charge in [-0.05, 0) is 59.7 Å². The standard InChI is InChI=1S/C22H20Cl2N4O2/c23-13-15-1-5-17(6-2-15)25-21(29)27-19-9-11-20(12-10-19)28-22(30)26-18-7-3-16(14-24)4-8-18/h1-12H,13-14H2,(H2,25,27,29)(H2,26,28,30). The van der Waals surface area contributed by atoms with Crippen LogP contribution in [0.15, 0.2) is 72.8 Å². The highest BCUT2D eigenvalue weighted by atomic mass is 35.5. The maximum Gasteiger partial charge on any atom is 0.323 e. The van der Waals surface area contributed by atoms with Gasteiger partial charge in [0.25, 0.3) is 0 Å². The summed E-state index contributed by atoms with van der Waals surface area (Å²) >= 11 is 11.5. The number of rotatable bonds is 6. The van der Waals surface area contributed by atoms with Gasteiger partial charge in [0.15, 0.2) is 0 Å². The van der Waals surface area contributed by atoms with Crippen LogP contribution in [-0.2, 0) is 11.8 Å². The zero-order valence-corrected chi connectivity index (χ0v) is 17.4. The van der Waals surface area contributed by atoms with E-state index >= 15 is 0 Å². The molecule has 30 heavy (non-hydrogen) atoms. The monoisotopic (exact) mass is 442 g/mol. The van der Waals surface area contributed by atoms with Crippen LogP contribution in [0.1, 0.15) is 11.1 Å². The van der Waals surface area contributed by atoms with Gasteiger partial charge in [-0.1, -0.05) is 24.3 Å². The number of amides is 4. The molecule has 0 bridgehead atoms. The summed E-state index contributed by atoms with van der Waals surface area (Å²) in [6.07, 6.45) is 0. The van der Waals surface area contributed by atoms with Crippen LogP contribution >= 0.6 is 23.2 Å². The smallest absolute Gasteiger partial charge is 0.308 e. The average Bonchev–Trinajstić information content (AvgIpc) is 2.76. The molecule has 4 amide bonds. The van der Waals surface area contributed by atoms with Gasteiger partial charge >= 0.3 is 12.1 Å². The fraction of sp³-hybridized carbons (Fsp3) is 0.0909. The minimum atomic E-state index is -0.368. The third kappa shape index (κ3) is 6.40. The van der Waals surface area contributed by atoms with Crippen LogP contribution in [0, 0.1) is 0 Å². The van der Waals surface area contributed by atoms with E-state index < -0.39 is 0 Å². The predicted molar refractivity (Wildman–Crippen MR) is 124 cm³/mol. The summed E-state index contributed by atoms with van der Waals surface area (Å²) in [6, 6.07) is 20.6. The predicted octanol–water partition coefficient (Wildman–Crippen LogP) is 6.45. The van der Waals surface area contributed by atoms with Crippen LogP contribution < -0.4 is 21.3 Å². The van der Waals surface area contributed by atoms with E-state index in [0.29, 0.717) is 34.5 Å². The zero-order chi connectivity index (χ0) is 21.3. The van der Waals surface area contributed by atoms with Crippen molar-refractivity contribution in [3.63, 3.8) is 0 Å². The SMILES string of the molecule is O=C(Nc1ccc(CCl)cc1)Nc1ccc(NC(=O)Nc2ccc(CCl)cc2)cc1. The van der Waals surface area contributed by atoms with Gasteiger partial charge in [-0.15, -0.1) is 23.2 Å². The number of benzene rings is 3. The van der Waals surface area contributed by atoms with Crippen molar-refractivity contribution < 1.29 is 9.59 Å². The highest BCUT2D eigenvalue weighted by molar-refractivity contribution is 6.17.